The maximum absolute atomic E-state index is 13.1. The van der Waals surface area contributed by atoms with Crippen molar-refractivity contribution in [2.75, 3.05) is 13.2 Å². The van der Waals surface area contributed by atoms with Gasteiger partial charge in [-0.25, -0.2) is 0 Å². The van der Waals surface area contributed by atoms with E-state index in [1.807, 2.05) is 0 Å². The maximum Gasteiger partial charge on any atom is 0.417 e. The second-order valence-corrected chi connectivity index (χ2v) is 8.60. The Morgan fingerprint density at radius 2 is 1.48 bits per heavy atom. The zero-order valence-electron chi connectivity index (χ0n) is 16.0. The Bertz CT molecular complexity index is 883. The fourth-order valence-corrected chi connectivity index (χ4v) is 3.99. The first-order valence-corrected chi connectivity index (χ1v) is 10.2. The van der Waals surface area contributed by atoms with Crippen molar-refractivity contribution in [3.8, 4) is 0 Å². The van der Waals surface area contributed by atoms with Crippen LogP contribution in [0.25, 0.3) is 0 Å². The van der Waals surface area contributed by atoms with Crippen molar-refractivity contribution in [3.63, 3.8) is 0 Å². The van der Waals surface area contributed by atoms with Crippen LogP contribution in [0, 0.1) is 0 Å². The van der Waals surface area contributed by atoms with Crippen LogP contribution in [0.5, 0.6) is 0 Å². The summed E-state index contributed by atoms with van der Waals surface area (Å²) in [5.74, 6) is 0. The highest BCUT2D eigenvalue weighted by Crippen LogP contribution is 2.45. The van der Waals surface area contributed by atoms with Crippen LogP contribution in [0.1, 0.15) is 29.5 Å². The summed E-state index contributed by atoms with van der Waals surface area (Å²) >= 11 is 6.48. The monoisotopic (exact) mass is 487 g/mol. The molecule has 0 saturated heterocycles. The zero-order valence-corrected chi connectivity index (χ0v) is 17.6. The molecular formula is C20H20ClF6NO2S. The number of halogens is 7. The van der Waals surface area contributed by atoms with Crippen molar-refractivity contribution in [1.29, 1.82) is 0 Å². The third kappa shape index (κ3) is 7.01. The predicted molar refractivity (Wildman–Crippen MR) is 106 cm³/mol. The molecule has 2 rings (SSSR count). The van der Waals surface area contributed by atoms with Gasteiger partial charge in [0.15, 0.2) is 0 Å². The largest absolute Gasteiger partial charge is 0.417 e. The van der Waals surface area contributed by atoms with Crippen LogP contribution in [-0.2, 0) is 18.8 Å². The molecule has 0 bridgehead atoms. The van der Waals surface area contributed by atoms with Gasteiger partial charge in [0, 0.05) is 9.79 Å². The lowest BCUT2D eigenvalue weighted by molar-refractivity contribution is -0.143. The van der Waals surface area contributed by atoms with E-state index in [0.717, 1.165) is 5.56 Å². The van der Waals surface area contributed by atoms with Crippen LogP contribution < -0.4 is 5.73 Å². The zero-order chi connectivity index (χ0) is 23.4. The number of rotatable bonds is 8. The van der Waals surface area contributed by atoms with Gasteiger partial charge in [0.05, 0.1) is 34.9 Å². The number of aryl methyl sites for hydroxylation is 1. The van der Waals surface area contributed by atoms with Crippen molar-refractivity contribution in [2.24, 2.45) is 5.73 Å². The van der Waals surface area contributed by atoms with E-state index in [4.69, 9.17) is 17.3 Å². The van der Waals surface area contributed by atoms with Gasteiger partial charge in [-0.05, 0) is 49.1 Å². The summed E-state index contributed by atoms with van der Waals surface area (Å²) in [5, 5.41) is 17.6. The smallest absolute Gasteiger partial charge is 0.394 e. The molecule has 11 heteroatoms. The molecule has 0 spiro atoms. The standard InChI is InChI=1S/C20H20ClF6NO2S/c21-17-15(20(25,26)27)8-13(19(22,23)24)9-16(17)31-14-5-3-12(4-6-14)2-1-7-18(28,10-29)11-30/h3-6,8-9,29-30H,1-2,7,10-11,28H2. The molecule has 4 N–H and O–H groups in total. The quantitative estimate of drug-likeness (QED) is 0.428. The van der Waals surface area contributed by atoms with Crippen molar-refractivity contribution in [2.45, 2.75) is 46.9 Å². The van der Waals surface area contributed by atoms with Gasteiger partial charge in [0.25, 0.3) is 0 Å². The Balaban J connectivity index is 2.19. The molecule has 0 aliphatic rings. The average molecular weight is 488 g/mol. The van der Waals surface area contributed by atoms with Crippen LogP contribution in [0.3, 0.4) is 0 Å². The summed E-state index contributed by atoms with van der Waals surface area (Å²) in [6, 6.07) is 7.11. The predicted octanol–water partition coefficient (Wildman–Crippen LogP) is 5.53. The van der Waals surface area contributed by atoms with Crippen molar-refractivity contribution >= 4 is 23.4 Å². The highest BCUT2D eigenvalue weighted by Gasteiger charge is 2.39. The molecule has 0 amide bonds. The third-order valence-corrected chi connectivity index (χ3v) is 6.16. The summed E-state index contributed by atoms with van der Waals surface area (Å²) in [4.78, 5) is 0.0624. The Kier molecular flexibility index (Phi) is 8.32. The second-order valence-electron chi connectivity index (χ2n) is 7.11. The average Bonchev–Trinajstić information content (AvgIpc) is 2.69. The first kappa shape index (κ1) is 25.8. The molecule has 0 aliphatic heterocycles. The molecule has 31 heavy (non-hydrogen) atoms. The van der Waals surface area contributed by atoms with Crippen LogP contribution >= 0.6 is 23.4 Å². The number of benzene rings is 2. The van der Waals surface area contributed by atoms with Gasteiger partial charge in [0.1, 0.15) is 0 Å². The minimum atomic E-state index is -5.03. The Hall–Kier alpha value is -1.46. The number of hydrogen-bond donors (Lipinski definition) is 3. The minimum absolute atomic E-state index is 0.00569. The number of hydrogen-bond acceptors (Lipinski definition) is 4. The molecule has 2 aromatic carbocycles. The first-order valence-electron chi connectivity index (χ1n) is 9.04. The van der Waals surface area contributed by atoms with E-state index in [1.165, 1.54) is 0 Å². The number of aliphatic hydroxyl groups is 2. The highest BCUT2D eigenvalue weighted by molar-refractivity contribution is 7.99. The molecular weight excluding hydrogens is 468 g/mol. The van der Waals surface area contributed by atoms with E-state index in [9.17, 15) is 36.6 Å². The Morgan fingerprint density at radius 3 is 1.97 bits per heavy atom. The molecule has 0 radical (unpaired) electrons. The Morgan fingerprint density at radius 1 is 0.903 bits per heavy atom. The summed E-state index contributed by atoms with van der Waals surface area (Å²) < 4.78 is 78.6. The van der Waals surface area contributed by atoms with Gasteiger partial charge < -0.3 is 15.9 Å². The third-order valence-electron chi connectivity index (χ3n) is 4.59. The maximum atomic E-state index is 13.1. The fraction of sp³-hybridized carbons (Fsp3) is 0.400. The van der Waals surface area contributed by atoms with E-state index in [1.54, 1.807) is 24.3 Å². The SMILES string of the molecule is NC(CO)(CO)CCCc1ccc(Sc2cc(C(F)(F)F)cc(C(F)(F)F)c2Cl)cc1. The van der Waals surface area contributed by atoms with Crippen LogP contribution in [0.2, 0.25) is 5.02 Å². The highest BCUT2D eigenvalue weighted by atomic mass is 35.5. The lowest BCUT2D eigenvalue weighted by Crippen LogP contribution is -2.47. The lowest BCUT2D eigenvalue weighted by atomic mass is 9.94. The molecule has 0 unspecified atom stereocenters. The summed E-state index contributed by atoms with van der Waals surface area (Å²) in [7, 11) is 0. The topological polar surface area (TPSA) is 66.5 Å². The molecule has 0 atom stereocenters. The van der Waals surface area contributed by atoms with Crippen molar-refractivity contribution in [1.82, 2.24) is 0 Å². The summed E-state index contributed by atoms with van der Waals surface area (Å²) in [5.41, 5.74) is 2.60. The van der Waals surface area contributed by atoms with Gasteiger partial charge in [-0.1, -0.05) is 35.5 Å². The molecule has 0 aliphatic carbocycles. The molecule has 2 aromatic rings. The first-order chi connectivity index (χ1) is 14.3. The van der Waals surface area contributed by atoms with Crippen molar-refractivity contribution < 1.29 is 36.6 Å². The van der Waals surface area contributed by atoms with Crippen LogP contribution in [0.4, 0.5) is 26.3 Å². The lowest BCUT2D eigenvalue weighted by Gasteiger charge is -2.24. The van der Waals surface area contributed by atoms with E-state index < -0.39 is 34.0 Å². The molecule has 0 aromatic heterocycles. The minimum Gasteiger partial charge on any atom is -0.394 e. The molecule has 3 nitrogen and oxygen atoms in total. The molecule has 0 fully saturated rings. The van der Waals surface area contributed by atoms with E-state index in [2.05, 4.69) is 0 Å². The van der Waals surface area contributed by atoms with Gasteiger partial charge in [-0.3, -0.25) is 0 Å². The van der Waals surface area contributed by atoms with E-state index >= 15 is 0 Å². The summed E-state index contributed by atoms with van der Waals surface area (Å²) in [6.45, 7) is -0.729. The summed E-state index contributed by atoms with van der Waals surface area (Å²) in [6.07, 6.45) is -8.48. The normalized spacial score (nSPS) is 13.0. The molecule has 0 saturated carbocycles. The number of alkyl halides is 6. The van der Waals surface area contributed by atoms with Gasteiger partial charge >= 0.3 is 12.4 Å². The number of nitrogens with two attached hydrogens (primary N) is 1. The van der Waals surface area contributed by atoms with E-state index in [0.29, 0.717) is 42.0 Å². The van der Waals surface area contributed by atoms with Gasteiger partial charge in [0.2, 0.25) is 0 Å². The van der Waals surface area contributed by atoms with E-state index in [-0.39, 0.29) is 24.2 Å². The number of aliphatic hydroxyl groups excluding tert-OH is 2. The Labute approximate surface area is 184 Å². The molecule has 172 valence electrons. The fourth-order valence-electron chi connectivity index (χ4n) is 2.75. The van der Waals surface area contributed by atoms with Crippen molar-refractivity contribution in [3.05, 3.63) is 58.1 Å². The van der Waals surface area contributed by atoms with Crippen LogP contribution in [-0.4, -0.2) is 29.0 Å². The second kappa shape index (κ2) is 9.99. The molecule has 0 heterocycles. The van der Waals surface area contributed by atoms with Gasteiger partial charge in [-0.2, -0.15) is 26.3 Å². The van der Waals surface area contributed by atoms with Crippen LogP contribution in [0.15, 0.2) is 46.2 Å². The van der Waals surface area contributed by atoms with Gasteiger partial charge in [-0.15, -0.1) is 0 Å².